The van der Waals surface area contributed by atoms with E-state index >= 15 is 0 Å². The van der Waals surface area contributed by atoms with Gasteiger partial charge in [-0.2, -0.15) is 0 Å². The second kappa shape index (κ2) is 6.11. The lowest BCUT2D eigenvalue weighted by atomic mass is 9.87. The molecule has 1 aliphatic rings. The van der Waals surface area contributed by atoms with E-state index in [0.29, 0.717) is 25.1 Å². The average molecular weight is 387 g/mol. The van der Waals surface area contributed by atoms with Gasteiger partial charge >= 0.3 is 5.97 Å². The molecule has 5 heteroatoms. The molecule has 1 saturated heterocycles. The van der Waals surface area contributed by atoms with E-state index in [0.717, 1.165) is 9.13 Å². The Kier molecular flexibility index (Phi) is 4.67. The highest BCUT2D eigenvalue weighted by Crippen LogP contribution is 2.26. The molecule has 0 saturated carbocycles. The summed E-state index contributed by atoms with van der Waals surface area (Å²) in [7, 11) is 0. The first-order valence-corrected chi connectivity index (χ1v) is 7.77. The zero-order valence-corrected chi connectivity index (χ0v) is 13.8. The fourth-order valence-electron chi connectivity index (χ4n) is 2.68. The zero-order valence-electron chi connectivity index (χ0n) is 11.6. The summed E-state index contributed by atoms with van der Waals surface area (Å²) >= 11 is 2.19. The Morgan fingerprint density at radius 3 is 2.70 bits per heavy atom. The molecule has 0 spiro atoms. The zero-order chi connectivity index (χ0) is 14.9. The number of aryl methyl sites for hydroxylation is 1. The van der Waals surface area contributed by atoms with Crippen LogP contribution in [0.4, 0.5) is 0 Å². The minimum Gasteiger partial charge on any atom is -0.481 e. The van der Waals surface area contributed by atoms with Crippen molar-refractivity contribution in [2.75, 3.05) is 13.1 Å². The molecule has 4 nitrogen and oxygen atoms in total. The van der Waals surface area contributed by atoms with E-state index in [9.17, 15) is 9.59 Å². The number of benzene rings is 1. The van der Waals surface area contributed by atoms with Crippen molar-refractivity contribution in [2.45, 2.75) is 20.3 Å². The van der Waals surface area contributed by atoms with Gasteiger partial charge < -0.3 is 10.0 Å². The number of aliphatic carboxylic acids is 1. The molecule has 1 aromatic carbocycles. The van der Waals surface area contributed by atoms with Gasteiger partial charge in [-0.3, -0.25) is 9.59 Å². The molecule has 108 valence electrons. The number of nitrogens with zero attached hydrogens (tertiary/aromatic N) is 1. The molecule has 0 aromatic heterocycles. The van der Waals surface area contributed by atoms with E-state index in [2.05, 4.69) is 22.6 Å². The van der Waals surface area contributed by atoms with Crippen LogP contribution in [0, 0.1) is 22.3 Å². The Bertz CT molecular complexity index is 544. The number of amides is 1. The molecule has 1 heterocycles. The number of piperidine rings is 1. The van der Waals surface area contributed by atoms with E-state index in [1.807, 2.05) is 32.0 Å². The second-order valence-electron chi connectivity index (χ2n) is 5.40. The molecule has 0 aliphatic carbocycles. The van der Waals surface area contributed by atoms with Crippen LogP contribution in [-0.4, -0.2) is 35.0 Å². The summed E-state index contributed by atoms with van der Waals surface area (Å²) in [5, 5.41) is 9.13. The average Bonchev–Trinajstić information content (AvgIpc) is 2.40. The molecular weight excluding hydrogens is 369 g/mol. The number of carbonyl (C=O) groups is 2. The van der Waals surface area contributed by atoms with Gasteiger partial charge in [0.2, 0.25) is 0 Å². The van der Waals surface area contributed by atoms with E-state index in [4.69, 9.17) is 5.11 Å². The molecule has 2 rings (SSSR count). The van der Waals surface area contributed by atoms with Crippen molar-refractivity contribution >= 4 is 34.5 Å². The third kappa shape index (κ3) is 2.97. The number of hydrogen-bond acceptors (Lipinski definition) is 2. The van der Waals surface area contributed by atoms with Gasteiger partial charge in [-0.15, -0.1) is 0 Å². The number of carboxylic acid groups (broad SMARTS) is 1. The Balaban J connectivity index is 2.15. The first kappa shape index (κ1) is 15.3. The van der Waals surface area contributed by atoms with E-state index in [-0.39, 0.29) is 17.7 Å². The topological polar surface area (TPSA) is 57.6 Å². The van der Waals surface area contributed by atoms with Crippen LogP contribution in [0.1, 0.15) is 29.3 Å². The number of hydrogen-bond donors (Lipinski definition) is 1. The molecule has 20 heavy (non-hydrogen) atoms. The van der Waals surface area contributed by atoms with Crippen LogP contribution < -0.4 is 0 Å². The molecule has 1 N–H and O–H groups in total. The van der Waals surface area contributed by atoms with E-state index in [1.165, 1.54) is 0 Å². The van der Waals surface area contributed by atoms with Crippen LogP contribution in [0.15, 0.2) is 18.2 Å². The van der Waals surface area contributed by atoms with Crippen molar-refractivity contribution < 1.29 is 14.7 Å². The minimum absolute atomic E-state index is 0.00679. The molecule has 0 radical (unpaired) electrons. The van der Waals surface area contributed by atoms with Gasteiger partial charge in [0, 0.05) is 16.7 Å². The van der Waals surface area contributed by atoms with Gasteiger partial charge in [0.25, 0.3) is 5.91 Å². The summed E-state index contributed by atoms with van der Waals surface area (Å²) in [6.07, 6.45) is 0.532. The summed E-state index contributed by atoms with van der Waals surface area (Å²) in [6.45, 7) is 4.92. The summed E-state index contributed by atoms with van der Waals surface area (Å²) in [4.78, 5) is 25.5. The maximum atomic E-state index is 12.6. The second-order valence-corrected chi connectivity index (χ2v) is 6.48. The lowest BCUT2D eigenvalue weighted by Crippen LogP contribution is -2.45. The van der Waals surface area contributed by atoms with Gasteiger partial charge in [-0.1, -0.05) is 19.1 Å². The number of likely N-dealkylation sites (tertiary alicyclic amines) is 1. The summed E-state index contributed by atoms with van der Waals surface area (Å²) in [5.41, 5.74) is 1.80. The maximum Gasteiger partial charge on any atom is 0.306 e. The first-order chi connectivity index (χ1) is 9.41. The molecule has 1 amide bonds. The van der Waals surface area contributed by atoms with Crippen molar-refractivity contribution in [3.05, 3.63) is 32.9 Å². The standard InChI is InChI=1S/C15H18INO3/c1-9-4-3-5-12(13(9)16)14(18)17-7-6-11(15(19)20)10(2)8-17/h3-5,10-11H,6-8H2,1-2H3,(H,19,20). The molecule has 2 atom stereocenters. The fraction of sp³-hybridized carbons (Fsp3) is 0.467. The summed E-state index contributed by atoms with van der Waals surface area (Å²) in [5.74, 6) is -1.09. The van der Waals surface area contributed by atoms with Gasteiger partial charge in [0.05, 0.1) is 11.5 Å². The van der Waals surface area contributed by atoms with Crippen molar-refractivity contribution in [2.24, 2.45) is 11.8 Å². The molecule has 2 unspecified atom stereocenters. The van der Waals surface area contributed by atoms with E-state index in [1.54, 1.807) is 4.90 Å². The highest BCUT2D eigenvalue weighted by atomic mass is 127. The molecule has 0 bridgehead atoms. The summed E-state index contributed by atoms with van der Waals surface area (Å²) < 4.78 is 0.975. The minimum atomic E-state index is -0.755. The fourth-order valence-corrected chi connectivity index (χ4v) is 3.27. The normalized spacial score (nSPS) is 22.6. The predicted octanol–water partition coefficient (Wildman–Crippen LogP) is 2.78. The summed E-state index contributed by atoms with van der Waals surface area (Å²) in [6, 6.07) is 5.71. The Labute approximate surface area is 132 Å². The van der Waals surface area contributed by atoms with Crippen LogP contribution in [-0.2, 0) is 4.79 Å². The first-order valence-electron chi connectivity index (χ1n) is 6.69. The van der Waals surface area contributed by atoms with Crippen LogP contribution >= 0.6 is 22.6 Å². The van der Waals surface area contributed by atoms with Gasteiger partial charge in [0.1, 0.15) is 0 Å². The highest BCUT2D eigenvalue weighted by Gasteiger charge is 2.33. The van der Waals surface area contributed by atoms with Crippen LogP contribution in [0.3, 0.4) is 0 Å². The predicted molar refractivity (Wildman–Crippen MR) is 84.7 cm³/mol. The van der Waals surface area contributed by atoms with Gasteiger partial charge in [-0.25, -0.2) is 0 Å². The Morgan fingerprint density at radius 1 is 1.40 bits per heavy atom. The van der Waals surface area contributed by atoms with Crippen molar-refractivity contribution in [3.63, 3.8) is 0 Å². The van der Waals surface area contributed by atoms with Crippen LogP contribution in [0.25, 0.3) is 0 Å². The van der Waals surface area contributed by atoms with Crippen LogP contribution in [0.5, 0.6) is 0 Å². The maximum absolute atomic E-state index is 12.6. The Morgan fingerprint density at radius 2 is 2.10 bits per heavy atom. The quantitative estimate of drug-likeness (QED) is 0.795. The van der Waals surface area contributed by atoms with Gasteiger partial charge in [0.15, 0.2) is 0 Å². The number of carboxylic acids is 1. The lowest BCUT2D eigenvalue weighted by molar-refractivity contribution is -0.145. The van der Waals surface area contributed by atoms with Crippen molar-refractivity contribution in [3.8, 4) is 0 Å². The third-order valence-electron chi connectivity index (χ3n) is 3.93. The van der Waals surface area contributed by atoms with E-state index < -0.39 is 5.97 Å². The lowest BCUT2D eigenvalue weighted by Gasteiger charge is -2.35. The molecule has 1 aliphatic heterocycles. The number of carbonyl (C=O) groups excluding carboxylic acids is 1. The SMILES string of the molecule is Cc1cccc(C(=O)N2CCC(C(=O)O)C(C)C2)c1I. The van der Waals surface area contributed by atoms with Crippen molar-refractivity contribution in [1.29, 1.82) is 0 Å². The monoisotopic (exact) mass is 387 g/mol. The number of halogens is 1. The smallest absolute Gasteiger partial charge is 0.306 e. The molecule has 1 aromatic rings. The van der Waals surface area contributed by atoms with Crippen molar-refractivity contribution in [1.82, 2.24) is 4.90 Å². The molecular formula is C15H18INO3. The molecule has 1 fully saturated rings. The Hall–Kier alpha value is -1.11. The van der Waals surface area contributed by atoms with Crippen LogP contribution in [0.2, 0.25) is 0 Å². The third-order valence-corrected chi connectivity index (χ3v) is 5.36. The number of rotatable bonds is 2. The largest absolute Gasteiger partial charge is 0.481 e. The highest BCUT2D eigenvalue weighted by molar-refractivity contribution is 14.1. The van der Waals surface area contributed by atoms with Gasteiger partial charge in [-0.05, 0) is 53.5 Å².